The third-order valence-electron chi connectivity index (χ3n) is 5.02. The van der Waals surface area contributed by atoms with Crippen molar-refractivity contribution in [3.63, 3.8) is 0 Å². The number of benzene rings is 2. The molecule has 3 rings (SSSR count). The Kier molecular flexibility index (Phi) is 6.13. The Labute approximate surface area is 164 Å². The molecule has 1 N–H and O–H groups in total. The molecular weight excluding hydrogens is 358 g/mol. The maximum absolute atomic E-state index is 12.5. The second-order valence-electron chi connectivity index (χ2n) is 7.19. The number of methoxy groups -OCH3 is 1. The molecule has 2 aromatic rings. The van der Waals surface area contributed by atoms with Gasteiger partial charge in [0.15, 0.2) is 0 Å². The third-order valence-corrected chi connectivity index (χ3v) is 5.02. The lowest BCUT2D eigenvalue weighted by atomic mass is 9.99. The Morgan fingerprint density at radius 2 is 2.14 bits per heavy atom. The summed E-state index contributed by atoms with van der Waals surface area (Å²) in [5.74, 6) is 0.867. The highest BCUT2D eigenvalue weighted by Gasteiger charge is 2.25. The number of carbonyl (C=O) groups excluding carboxylic acids is 1. The van der Waals surface area contributed by atoms with E-state index in [-0.39, 0.29) is 17.2 Å². The minimum atomic E-state index is -0.409. The molecule has 1 aliphatic rings. The van der Waals surface area contributed by atoms with Crippen LogP contribution in [0.4, 0.5) is 11.4 Å². The lowest BCUT2D eigenvalue weighted by Crippen LogP contribution is -2.34. The second-order valence-corrected chi connectivity index (χ2v) is 7.19. The normalized spacial score (nSPS) is 16.5. The fourth-order valence-corrected chi connectivity index (χ4v) is 3.55. The molecule has 1 unspecified atom stereocenters. The first-order valence-corrected chi connectivity index (χ1v) is 9.42. The van der Waals surface area contributed by atoms with E-state index in [0.29, 0.717) is 23.9 Å². The monoisotopic (exact) mass is 383 g/mol. The number of hydrogen-bond donors (Lipinski definition) is 1. The van der Waals surface area contributed by atoms with E-state index in [2.05, 4.69) is 12.2 Å². The molecule has 1 saturated heterocycles. The Balaban J connectivity index is 1.75. The summed E-state index contributed by atoms with van der Waals surface area (Å²) < 4.78 is 5.17. The molecule has 28 heavy (non-hydrogen) atoms. The van der Waals surface area contributed by atoms with Crippen molar-refractivity contribution in [3.05, 3.63) is 63.7 Å². The van der Waals surface area contributed by atoms with Crippen LogP contribution < -0.4 is 15.0 Å². The molecule has 7 nitrogen and oxygen atoms in total. The Morgan fingerprint density at radius 1 is 1.32 bits per heavy atom. The van der Waals surface area contributed by atoms with Crippen LogP contribution in [-0.2, 0) is 6.54 Å². The van der Waals surface area contributed by atoms with E-state index in [1.165, 1.54) is 6.07 Å². The first-order chi connectivity index (χ1) is 13.5. The number of nitrogens with one attached hydrogen (secondary N) is 1. The summed E-state index contributed by atoms with van der Waals surface area (Å²) in [5, 5.41) is 14.4. The van der Waals surface area contributed by atoms with Gasteiger partial charge in [-0.15, -0.1) is 0 Å². The van der Waals surface area contributed by atoms with Gasteiger partial charge in [0, 0.05) is 31.3 Å². The van der Waals surface area contributed by atoms with Crippen LogP contribution in [0.3, 0.4) is 0 Å². The standard InChI is InChI=1S/C21H25N3O4/c1-15-5-4-10-23(14-15)19-9-8-17(12-20(19)24(26)27)21(25)22-13-16-6-3-7-18(11-16)28-2/h3,6-9,11-12,15H,4-5,10,13-14H2,1-2H3,(H,22,25). The van der Waals surface area contributed by atoms with Gasteiger partial charge in [0.25, 0.3) is 11.6 Å². The summed E-state index contributed by atoms with van der Waals surface area (Å²) in [6, 6.07) is 12.1. The molecule has 2 aromatic carbocycles. The fourth-order valence-electron chi connectivity index (χ4n) is 3.55. The van der Waals surface area contributed by atoms with Crippen LogP contribution in [0.15, 0.2) is 42.5 Å². The smallest absolute Gasteiger partial charge is 0.293 e. The maximum atomic E-state index is 12.5. The molecule has 1 atom stereocenters. The topological polar surface area (TPSA) is 84.7 Å². The van der Waals surface area contributed by atoms with Gasteiger partial charge in [-0.25, -0.2) is 0 Å². The van der Waals surface area contributed by atoms with Gasteiger partial charge >= 0.3 is 0 Å². The van der Waals surface area contributed by atoms with E-state index in [4.69, 9.17) is 4.74 Å². The average molecular weight is 383 g/mol. The van der Waals surface area contributed by atoms with Gasteiger partial charge in [0.1, 0.15) is 11.4 Å². The highest BCUT2D eigenvalue weighted by Crippen LogP contribution is 2.32. The predicted molar refractivity (Wildman–Crippen MR) is 108 cm³/mol. The molecule has 0 spiro atoms. The minimum absolute atomic E-state index is 0.0249. The number of anilines is 1. The van der Waals surface area contributed by atoms with Gasteiger partial charge in [-0.2, -0.15) is 0 Å². The molecule has 1 heterocycles. The van der Waals surface area contributed by atoms with Crippen LogP contribution in [-0.4, -0.2) is 31.0 Å². The quantitative estimate of drug-likeness (QED) is 0.606. The van der Waals surface area contributed by atoms with Crippen molar-refractivity contribution >= 4 is 17.3 Å². The van der Waals surface area contributed by atoms with Gasteiger partial charge in [-0.3, -0.25) is 14.9 Å². The van der Waals surface area contributed by atoms with Gasteiger partial charge in [-0.05, 0) is 48.6 Å². The van der Waals surface area contributed by atoms with E-state index >= 15 is 0 Å². The van der Waals surface area contributed by atoms with Crippen molar-refractivity contribution in [1.82, 2.24) is 5.32 Å². The number of ether oxygens (including phenoxy) is 1. The molecule has 148 valence electrons. The highest BCUT2D eigenvalue weighted by molar-refractivity contribution is 5.95. The van der Waals surface area contributed by atoms with Crippen LogP contribution in [0, 0.1) is 16.0 Å². The Hall–Kier alpha value is -3.09. The first kappa shape index (κ1) is 19.7. The lowest BCUT2D eigenvalue weighted by molar-refractivity contribution is -0.384. The van der Waals surface area contributed by atoms with Gasteiger partial charge in [0.05, 0.1) is 12.0 Å². The van der Waals surface area contributed by atoms with Crippen molar-refractivity contribution in [1.29, 1.82) is 0 Å². The van der Waals surface area contributed by atoms with E-state index in [1.807, 2.05) is 29.2 Å². The van der Waals surface area contributed by atoms with Crippen molar-refractivity contribution in [2.75, 3.05) is 25.1 Å². The molecule has 1 fully saturated rings. The van der Waals surface area contributed by atoms with E-state index < -0.39 is 4.92 Å². The fraction of sp³-hybridized carbons (Fsp3) is 0.381. The number of nitro groups is 1. The lowest BCUT2D eigenvalue weighted by Gasteiger charge is -2.32. The highest BCUT2D eigenvalue weighted by atomic mass is 16.6. The number of nitro benzene ring substituents is 1. The second kappa shape index (κ2) is 8.73. The summed E-state index contributed by atoms with van der Waals surface area (Å²) in [5.41, 5.74) is 1.73. The number of hydrogen-bond acceptors (Lipinski definition) is 5. The van der Waals surface area contributed by atoms with E-state index in [1.54, 1.807) is 19.2 Å². The molecule has 0 aromatic heterocycles. The third kappa shape index (κ3) is 4.60. The van der Waals surface area contributed by atoms with Crippen molar-refractivity contribution in [2.24, 2.45) is 5.92 Å². The predicted octanol–water partition coefficient (Wildman–Crippen LogP) is 3.77. The molecule has 1 aliphatic heterocycles. The SMILES string of the molecule is COc1cccc(CNC(=O)c2ccc(N3CCCC(C)C3)c([N+](=O)[O-])c2)c1. The van der Waals surface area contributed by atoms with Gasteiger partial charge < -0.3 is 15.0 Å². The first-order valence-electron chi connectivity index (χ1n) is 9.42. The summed E-state index contributed by atoms with van der Waals surface area (Å²) >= 11 is 0. The van der Waals surface area contributed by atoms with Crippen LogP contribution in [0.5, 0.6) is 5.75 Å². The maximum Gasteiger partial charge on any atom is 0.293 e. The molecule has 0 radical (unpaired) electrons. The van der Waals surface area contributed by atoms with Gasteiger partial charge in [0.2, 0.25) is 0 Å². The zero-order valence-corrected chi connectivity index (χ0v) is 16.2. The zero-order valence-electron chi connectivity index (χ0n) is 16.2. The van der Waals surface area contributed by atoms with Crippen molar-refractivity contribution < 1.29 is 14.5 Å². The minimum Gasteiger partial charge on any atom is -0.497 e. The number of piperidine rings is 1. The van der Waals surface area contributed by atoms with Crippen molar-refractivity contribution in [3.8, 4) is 5.75 Å². The largest absolute Gasteiger partial charge is 0.497 e. The summed E-state index contributed by atoms with van der Waals surface area (Å²) in [6.07, 6.45) is 2.15. The Morgan fingerprint density at radius 3 is 2.86 bits per heavy atom. The van der Waals surface area contributed by atoms with Crippen LogP contribution in [0.2, 0.25) is 0 Å². The molecule has 7 heteroatoms. The summed E-state index contributed by atoms with van der Waals surface area (Å²) in [6.45, 7) is 4.06. The number of carbonyl (C=O) groups is 1. The zero-order chi connectivity index (χ0) is 20.1. The average Bonchev–Trinajstić information content (AvgIpc) is 2.71. The molecular formula is C21H25N3O4. The number of amides is 1. The molecule has 0 aliphatic carbocycles. The molecule has 0 saturated carbocycles. The van der Waals surface area contributed by atoms with Crippen LogP contribution in [0.25, 0.3) is 0 Å². The Bertz CT molecular complexity index is 868. The van der Waals surface area contributed by atoms with Crippen molar-refractivity contribution in [2.45, 2.75) is 26.3 Å². The number of rotatable bonds is 6. The van der Waals surface area contributed by atoms with E-state index in [0.717, 1.165) is 31.5 Å². The summed E-state index contributed by atoms with van der Waals surface area (Å²) in [7, 11) is 1.58. The van der Waals surface area contributed by atoms with E-state index in [9.17, 15) is 14.9 Å². The van der Waals surface area contributed by atoms with Crippen LogP contribution >= 0.6 is 0 Å². The van der Waals surface area contributed by atoms with Gasteiger partial charge in [-0.1, -0.05) is 19.1 Å². The molecule has 1 amide bonds. The summed E-state index contributed by atoms with van der Waals surface area (Å²) in [4.78, 5) is 25.7. The molecule has 0 bridgehead atoms. The number of nitrogens with zero attached hydrogens (tertiary/aromatic N) is 2. The van der Waals surface area contributed by atoms with Crippen LogP contribution in [0.1, 0.15) is 35.7 Å².